The second-order valence-electron chi connectivity index (χ2n) is 4.56. The Hall–Kier alpha value is -2.46. The number of hydrogen-bond donors (Lipinski definition) is 2. The molecule has 9 nitrogen and oxygen atoms in total. The van der Waals surface area contributed by atoms with Gasteiger partial charge >= 0.3 is 11.8 Å². The number of primary amides is 1. The third kappa shape index (κ3) is 4.05. The van der Waals surface area contributed by atoms with Gasteiger partial charge in [0.1, 0.15) is 5.75 Å². The third-order valence-electron chi connectivity index (χ3n) is 2.86. The molecule has 0 aliphatic heterocycles. The maximum absolute atomic E-state index is 12.2. The Balaban J connectivity index is 2.12. The van der Waals surface area contributed by atoms with Crippen LogP contribution in [0.4, 0.5) is 0 Å². The first-order valence-corrected chi connectivity index (χ1v) is 8.17. The molecule has 0 saturated heterocycles. The summed E-state index contributed by atoms with van der Waals surface area (Å²) < 4.78 is 36.7. The molecule has 0 aliphatic carbocycles. The van der Waals surface area contributed by atoms with Gasteiger partial charge in [0, 0.05) is 0 Å². The van der Waals surface area contributed by atoms with Crippen LogP contribution < -0.4 is 15.2 Å². The molecular weight excluding hydrogens is 324 g/mol. The quantitative estimate of drug-likeness (QED) is 0.742. The average molecular weight is 340 g/mol. The fourth-order valence-electron chi connectivity index (χ4n) is 1.78. The van der Waals surface area contributed by atoms with E-state index in [2.05, 4.69) is 19.4 Å². The first kappa shape index (κ1) is 16.9. The number of amides is 1. The van der Waals surface area contributed by atoms with Crippen molar-refractivity contribution in [1.29, 1.82) is 0 Å². The van der Waals surface area contributed by atoms with Crippen molar-refractivity contribution in [3.05, 3.63) is 35.5 Å². The van der Waals surface area contributed by atoms with Crippen LogP contribution >= 0.6 is 0 Å². The number of carbonyl (C=O) groups excluding carboxylic acids is 1. The molecule has 2 aromatic rings. The molecule has 0 spiro atoms. The summed E-state index contributed by atoms with van der Waals surface area (Å²) in [4.78, 5) is 14.6. The summed E-state index contributed by atoms with van der Waals surface area (Å²) in [7, 11) is -3.77. The lowest BCUT2D eigenvalue weighted by Gasteiger charge is -2.10. The normalized spacial score (nSPS) is 11.4. The van der Waals surface area contributed by atoms with E-state index < -0.39 is 15.9 Å². The number of nitrogens with zero attached hydrogens (tertiary/aromatic N) is 2. The zero-order valence-corrected chi connectivity index (χ0v) is 13.4. The van der Waals surface area contributed by atoms with Gasteiger partial charge in [0.05, 0.1) is 18.0 Å². The maximum atomic E-state index is 12.2. The van der Waals surface area contributed by atoms with Crippen LogP contribution in [-0.4, -0.2) is 31.1 Å². The summed E-state index contributed by atoms with van der Waals surface area (Å²) in [5, 5.41) is 3.46. The topological polar surface area (TPSA) is 137 Å². The molecule has 2 rings (SSSR count). The molecule has 1 aromatic carbocycles. The van der Waals surface area contributed by atoms with E-state index in [0.29, 0.717) is 17.9 Å². The highest BCUT2D eigenvalue weighted by Gasteiger charge is 2.18. The fourth-order valence-corrected chi connectivity index (χ4v) is 2.84. The summed E-state index contributed by atoms with van der Waals surface area (Å²) in [6.45, 7) is 3.86. The van der Waals surface area contributed by atoms with Crippen LogP contribution in [0.5, 0.6) is 5.75 Å². The van der Waals surface area contributed by atoms with E-state index in [1.165, 1.54) is 12.1 Å². The molecule has 1 heterocycles. The molecule has 0 aliphatic rings. The standard InChI is InChI=1S/C13H16N4O5S/c1-3-21-10-5-4-9(6-8(10)2)23(19,20)15-7-11-16-13(12(14)18)22-17-11/h4-6,15H,3,7H2,1-2H3,(H2,14,18). The number of ether oxygens (including phenoxy) is 1. The third-order valence-corrected chi connectivity index (χ3v) is 4.25. The van der Waals surface area contributed by atoms with E-state index >= 15 is 0 Å². The molecule has 0 atom stereocenters. The molecule has 0 saturated carbocycles. The first-order valence-electron chi connectivity index (χ1n) is 6.69. The van der Waals surface area contributed by atoms with Crippen molar-refractivity contribution in [1.82, 2.24) is 14.9 Å². The number of nitrogens with one attached hydrogen (secondary N) is 1. The predicted octanol–water partition coefficient (Wildman–Crippen LogP) is 0.354. The Kier molecular flexibility index (Phi) is 4.96. The fraction of sp³-hybridized carbons (Fsp3) is 0.308. The number of nitrogens with two attached hydrogens (primary N) is 1. The van der Waals surface area contributed by atoms with E-state index in [4.69, 9.17) is 10.5 Å². The van der Waals surface area contributed by atoms with E-state index in [1.54, 1.807) is 13.0 Å². The minimum atomic E-state index is -3.77. The molecule has 0 unspecified atom stereocenters. The highest BCUT2D eigenvalue weighted by Crippen LogP contribution is 2.21. The summed E-state index contributed by atoms with van der Waals surface area (Å²) in [5.41, 5.74) is 5.67. The molecule has 124 valence electrons. The zero-order chi connectivity index (χ0) is 17.0. The number of aryl methyl sites for hydroxylation is 1. The van der Waals surface area contributed by atoms with Gasteiger partial charge in [0.15, 0.2) is 5.82 Å². The maximum Gasteiger partial charge on any atom is 0.315 e. The zero-order valence-electron chi connectivity index (χ0n) is 12.6. The Labute approximate surface area is 132 Å². The number of aromatic nitrogens is 2. The van der Waals surface area contributed by atoms with Crippen LogP contribution in [-0.2, 0) is 16.6 Å². The highest BCUT2D eigenvalue weighted by molar-refractivity contribution is 7.89. The average Bonchev–Trinajstić information content (AvgIpc) is 2.97. The summed E-state index contributed by atoms with van der Waals surface area (Å²) in [6.07, 6.45) is 0. The molecule has 0 bridgehead atoms. The monoisotopic (exact) mass is 340 g/mol. The number of sulfonamides is 1. The summed E-state index contributed by atoms with van der Waals surface area (Å²) in [5.74, 6) is -0.634. The second kappa shape index (κ2) is 6.75. The van der Waals surface area contributed by atoms with Crippen molar-refractivity contribution in [3.63, 3.8) is 0 Å². The molecule has 1 amide bonds. The summed E-state index contributed by atoms with van der Waals surface area (Å²) in [6, 6.07) is 4.52. The van der Waals surface area contributed by atoms with Crippen LogP contribution in [0.15, 0.2) is 27.6 Å². The van der Waals surface area contributed by atoms with Crippen molar-refractivity contribution in [2.75, 3.05) is 6.61 Å². The van der Waals surface area contributed by atoms with Crippen LogP contribution in [0.1, 0.15) is 29.0 Å². The van der Waals surface area contributed by atoms with Gasteiger partial charge in [0.25, 0.3) is 0 Å². The SMILES string of the molecule is CCOc1ccc(S(=O)(=O)NCc2noc(C(N)=O)n2)cc1C. The molecule has 3 N–H and O–H groups in total. The van der Waals surface area contributed by atoms with E-state index in [9.17, 15) is 13.2 Å². The molecular formula is C13H16N4O5S. The van der Waals surface area contributed by atoms with Crippen LogP contribution in [0.25, 0.3) is 0 Å². The first-order chi connectivity index (χ1) is 10.8. The van der Waals surface area contributed by atoms with Gasteiger partial charge in [-0.05, 0) is 37.6 Å². The minimum Gasteiger partial charge on any atom is -0.494 e. The Morgan fingerprint density at radius 1 is 1.43 bits per heavy atom. The van der Waals surface area contributed by atoms with Gasteiger partial charge in [0.2, 0.25) is 10.0 Å². The van der Waals surface area contributed by atoms with Crippen LogP contribution in [0, 0.1) is 6.92 Å². The van der Waals surface area contributed by atoms with Gasteiger partial charge in [-0.2, -0.15) is 4.98 Å². The van der Waals surface area contributed by atoms with Crippen LogP contribution in [0.3, 0.4) is 0 Å². The number of carbonyl (C=O) groups is 1. The van der Waals surface area contributed by atoms with Gasteiger partial charge in [-0.3, -0.25) is 4.79 Å². The highest BCUT2D eigenvalue weighted by atomic mass is 32.2. The Morgan fingerprint density at radius 2 is 2.17 bits per heavy atom. The molecule has 1 aromatic heterocycles. The smallest absolute Gasteiger partial charge is 0.315 e. The largest absolute Gasteiger partial charge is 0.494 e. The predicted molar refractivity (Wildman–Crippen MR) is 79.2 cm³/mol. The lowest BCUT2D eigenvalue weighted by atomic mass is 10.2. The molecule has 0 radical (unpaired) electrons. The van der Waals surface area contributed by atoms with Gasteiger partial charge < -0.3 is 15.0 Å². The van der Waals surface area contributed by atoms with Gasteiger partial charge in [-0.15, -0.1) is 0 Å². The van der Waals surface area contributed by atoms with Crippen molar-refractivity contribution >= 4 is 15.9 Å². The number of rotatable bonds is 7. The Morgan fingerprint density at radius 3 is 2.74 bits per heavy atom. The number of hydrogen-bond acceptors (Lipinski definition) is 7. The second-order valence-corrected chi connectivity index (χ2v) is 6.33. The van der Waals surface area contributed by atoms with Crippen molar-refractivity contribution < 1.29 is 22.5 Å². The van der Waals surface area contributed by atoms with Gasteiger partial charge in [-0.1, -0.05) is 5.16 Å². The Bertz CT molecular complexity index is 816. The lowest BCUT2D eigenvalue weighted by Crippen LogP contribution is -2.24. The van der Waals surface area contributed by atoms with Gasteiger partial charge in [-0.25, -0.2) is 13.1 Å². The van der Waals surface area contributed by atoms with Crippen molar-refractivity contribution in [3.8, 4) is 5.75 Å². The van der Waals surface area contributed by atoms with Crippen LogP contribution in [0.2, 0.25) is 0 Å². The molecule has 10 heteroatoms. The molecule has 23 heavy (non-hydrogen) atoms. The van der Waals surface area contributed by atoms with E-state index in [1.807, 2.05) is 6.92 Å². The number of benzene rings is 1. The lowest BCUT2D eigenvalue weighted by molar-refractivity contribution is 0.0958. The van der Waals surface area contributed by atoms with Crippen molar-refractivity contribution in [2.45, 2.75) is 25.3 Å². The minimum absolute atomic E-state index is 0.00466. The van der Waals surface area contributed by atoms with E-state index in [0.717, 1.165) is 0 Å². The van der Waals surface area contributed by atoms with E-state index in [-0.39, 0.29) is 23.2 Å². The molecule has 0 fully saturated rings. The summed E-state index contributed by atoms with van der Waals surface area (Å²) >= 11 is 0. The van der Waals surface area contributed by atoms with Crippen molar-refractivity contribution in [2.24, 2.45) is 5.73 Å².